The molecule has 30 heavy (non-hydrogen) atoms. The fourth-order valence-electron chi connectivity index (χ4n) is 2.47. The molecule has 11 heteroatoms. The van der Waals surface area contributed by atoms with Crippen LogP contribution in [0.5, 0.6) is 0 Å². The second-order valence-corrected chi connectivity index (χ2v) is 6.48. The molecular formula is C19H18ClN5O5. The van der Waals surface area contributed by atoms with Gasteiger partial charge in [0.05, 0.1) is 17.6 Å². The maximum absolute atomic E-state index is 12.2. The van der Waals surface area contributed by atoms with Gasteiger partial charge in [0, 0.05) is 18.0 Å². The molecule has 0 radical (unpaired) electrons. The predicted octanol–water partition coefficient (Wildman–Crippen LogP) is 2.21. The third kappa shape index (κ3) is 5.92. The van der Waals surface area contributed by atoms with Gasteiger partial charge in [-0.25, -0.2) is 9.67 Å². The van der Waals surface area contributed by atoms with E-state index < -0.39 is 18.5 Å². The molecule has 0 fully saturated rings. The molecule has 156 valence electrons. The molecule has 3 rings (SSSR count). The molecule has 0 saturated heterocycles. The zero-order valence-electron chi connectivity index (χ0n) is 15.7. The first kappa shape index (κ1) is 21.1. The summed E-state index contributed by atoms with van der Waals surface area (Å²) in [7, 11) is 0. The third-order valence-corrected chi connectivity index (χ3v) is 4.09. The number of anilines is 1. The monoisotopic (exact) mass is 431 g/mol. The average Bonchev–Trinajstić information content (AvgIpc) is 3.44. The van der Waals surface area contributed by atoms with Crippen molar-refractivity contribution in [3.63, 3.8) is 0 Å². The van der Waals surface area contributed by atoms with Crippen molar-refractivity contribution in [3.8, 4) is 5.69 Å². The van der Waals surface area contributed by atoms with E-state index in [1.165, 1.54) is 29.7 Å². The molecule has 0 aliphatic rings. The second-order valence-electron chi connectivity index (χ2n) is 6.05. The molecule has 10 nitrogen and oxygen atoms in total. The Morgan fingerprint density at radius 3 is 2.83 bits per heavy atom. The SMILES string of the molecule is O=C(COC(=O)CCCNC(=O)c1ccco1)Nc1cc(Cl)ccc1-n1cncn1. The number of furan rings is 1. The van der Waals surface area contributed by atoms with Crippen LogP contribution < -0.4 is 10.6 Å². The Balaban J connectivity index is 1.41. The molecular weight excluding hydrogens is 414 g/mol. The largest absolute Gasteiger partial charge is 0.459 e. The lowest BCUT2D eigenvalue weighted by Gasteiger charge is -2.11. The first-order valence-electron chi connectivity index (χ1n) is 8.94. The molecule has 1 aromatic carbocycles. The van der Waals surface area contributed by atoms with Crippen molar-refractivity contribution in [2.75, 3.05) is 18.5 Å². The number of carbonyl (C=O) groups excluding carboxylic acids is 3. The van der Waals surface area contributed by atoms with Crippen LogP contribution in [-0.4, -0.2) is 45.7 Å². The van der Waals surface area contributed by atoms with Crippen molar-refractivity contribution in [2.45, 2.75) is 12.8 Å². The number of hydrogen-bond donors (Lipinski definition) is 2. The normalized spacial score (nSPS) is 10.4. The molecule has 2 aromatic heterocycles. The highest BCUT2D eigenvalue weighted by molar-refractivity contribution is 6.31. The molecule has 2 heterocycles. The topological polar surface area (TPSA) is 128 Å². The van der Waals surface area contributed by atoms with E-state index in [-0.39, 0.29) is 24.6 Å². The van der Waals surface area contributed by atoms with Crippen molar-refractivity contribution in [1.29, 1.82) is 0 Å². The number of hydrogen-bond acceptors (Lipinski definition) is 7. The van der Waals surface area contributed by atoms with Gasteiger partial charge in [0.15, 0.2) is 12.4 Å². The van der Waals surface area contributed by atoms with Crippen LogP contribution in [0.15, 0.2) is 53.7 Å². The summed E-state index contributed by atoms with van der Waals surface area (Å²) in [6.07, 6.45) is 4.64. The maximum atomic E-state index is 12.2. The molecule has 0 unspecified atom stereocenters. The van der Waals surface area contributed by atoms with Gasteiger partial charge in [-0.1, -0.05) is 11.6 Å². The van der Waals surface area contributed by atoms with Gasteiger partial charge in [-0.3, -0.25) is 14.4 Å². The Kier molecular flexibility index (Phi) is 7.17. The number of nitrogens with one attached hydrogen (secondary N) is 2. The Hall–Kier alpha value is -3.66. The molecule has 0 spiro atoms. The Morgan fingerprint density at radius 2 is 2.10 bits per heavy atom. The molecule has 0 aliphatic carbocycles. The third-order valence-electron chi connectivity index (χ3n) is 3.85. The van der Waals surface area contributed by atoms with E-state index in [1.54, 1.807) is 24.3 Å². The number of esters is 1. The van der Waals surface area contributed by atoms with Gasteiger partial charge in [-0.2, -0.15) is 5.10 Å². The number of rotatable bonds is 9. The number of benzene rings is 1. The molecule has 0 bridgehead atoms. The number of aromatic nitrogens is 3. The van der Waals surface area contributed by atoms with E-state index in [0.717, 1.165) is 0 Å². The summed E-state index contributed by atoms with van der Waals surface area (Å²) in [4.78, 5) is 39.5. The number of nitrogens with zero attached hydrogens (tertiary/aromatic N) is 3. The van der Waals surface area contributed by atoms with Gasteiger partial charge in [-0.15, -0.1) is 0 Å². The van der Waals surface area contributed by atoms with E-state index in [4.69, 9.17) is 20.8 Å². The standard InChI is InChI=1S/C19H18ClN5O5/c20-13-5-6-15(25-12-21-11-23-25)14(9-13)24-17(26)10-30-18(27)4-1-7-22-19(28)16-3-2-8-29-16/h2-3,5-6,8-9,11-12H,1,4,7,10H2,(H,22,28)(H,24,26). The minimum atomic E-state index is -0.556. The summed E-state index contributed by atoms with van der Waals surface area (Å²) in [6.45, 7) is -0.189. The predicted molar refractivity (Wildman–Crippen MR) is 106 cm³/mol. The first-order chi connectivity index (χ1) is 14.5. The molecule has 0 atom stereocenters. The van der Waals surface area contributed by atoms with E-state index in [1.807, 2.05) is 0 Å². The zero-order chi connectivity index (χ0) is 21.3. The number of amides is 2. The van der Waals surface area contributed by atoms with E-state index in [2.05, 4.69) is 20.7 Å². The summed E-state index contributed by atoms with van der Waals surface area (Å²) in [6, 6.07) is 8.03. The van der Waals surface area contributed by atoms with Crippen LogP contribution in [-0.2, 0) is 14.3 Å². The minimum absolute atomic E-state index is 0.0487. The van der Waals surface area contributed by atoms with Crippen molar-refractivity contribution in [2.24, 2.45) is 0 Å². The van der Waals surface area contributed by atoms with E-state index in [9.17, 15) is 14.4 Å². The second kappa shape index (κ2) is 10.2. The molecule has 3 aromatic rings. The summed E-state index contributed by atoms with van der Waals surface area (Å²) >= 11 is 6.00. The quantitative estimate of drug-likeness (QED) is 0.392. The number of halogens is 1. The van der Waals surface area contributed by atoms with Crippen molar-refractivity contribution in [3.05, 3.63) is 60.0 Å². The first-order valence-corrected chi connectivity index (χ1v) is 9.32. The number of carbonyl (C=O) groups is 3. The summed E-state index contributed by atoms with van der Waals surface area (Å²) < 4.78 is 11.4. The minimum Gasteiger partial charge on any atom is -0.459 e. The Bertz CT molecular complexity index is 1000. The van der Waals surface area contributed by atoms with Crippen molar-refractivity contribution < 1.29 is 23.5 Å². The highest BCUT2D eigenvalue weighted by atomic mass is 35.5. The Morgan fingerprint density at radius 1 is 1.23 bits per heavy atom. The maximum Gasteiger partial charge on any atom is 0.306 e. The lowest BCUT2D eigenvalue weighted by atomic mass is 10.2. The van der Waals surface area contributed by atoms with Crippen LogP contribution in [0.2, 0.25) is 5.02 Å². The fourth-order valence-corrected chi connectivity index (χ4v) is 2.65. The molecule has 0 saturated carbocycles. The highest BCUT2D eigenvalue weighted by Gasteiger charge is 2.13. The molecule has 2 N–H and O–H groups in total. The summed E-state index contributed by atoms with van der Waals surface area (Å²) in [5.74, 6) is -1.25. The molecule has 2 amide bonds. The number of ether oxygens (including phenoxy) is 1. The summed E-state index contributed by atoms with van der Waals surface area (Å²) in [5, 5.41) is 9.69. The van der Waals surface area contributed by atoms with Crippen LogP contribution in [0.4, 0.5) is 5.69 Å². The van der Waals surface area contributed by atoms with E-state index in [0.29, 0.717) is 22.8 Å². The van der Waals surface area contributed by atoms with Gasteiger partial charge in [0.2, 0.25) is 0 Å². The van der Waals surface area contributed by atoms with Gasteiger partial charge in [-0.05, 0) is 36.8 Å². The van der Waals surface area contributed by atoms with E-state index >= 15 is 0 Å². The smallest absolute Gasteiger partial charge is 0.306 e. The summed E-state index contributed by atoms with van der Waals surface area (Å²) in [5.41, 5.74) is 0.957. The van der Waals surface area contributed by atoms with Gasteiger partial charge < -0.3 is 19.8 Å². The highest BCUT2D eigenvalue weighted by Crippen LogP contribution is 2.23. The van der Waals surface area contributed by atoms with Gasteiger partial charge in [0.1, 0.15) is 12.7 Å². The van der Waals surface area contributed by atoms with Gasteiger partial charge in [0.25, 0.3) is 11.8 Å². The zero-order valence-corrected chi connectivity index (χ0v) is 16.5. The lowest BCUT2D eigenvalue weighted by Crippen LogP contribution is -2.25. The van der Waals surface area contributed by atoms with Crippen LogP contribution in [0, 0.1) is 0 Å². The van der Waals surface area contributed by atoms with Crippen LogP contribution in [0.25, 0.3) is 5.69 Å². The Labute approximate surface area is 176 Å². The molecule has 0 aliphatic heterocycles. The van der Waals surface area contributed by atoms with Crippen LogP contribution in [0.3, 0.4) is 0 Å². The van der Waals surface area contributed by atoms with Crippen LogP contribution >= 0.6 is 11.6 Å². The van der Waals surface area contributed by atoms with Gasteiger partial charge >= 0.3 is 5.97 Å². The average molecular weight is 432 g/mol. The van der Waals surface area contributed by atoms with Crippen molar-refractivity contribution in [1.82, 2.24) is 20.1 Å². The fraction of sp³-hybridized carbons (Fsp3) is 0.211. The van der Waals surface area contributed by atoms with Crippen molar-refractivity contribution >= 4 is 35.1 Å². The lowest BCUT2D eigenvalue weighted by molar-refractivity contribution is -0.147. The van der Waals surface area contributed by atoms with Crippen LogP contribution in [0.1, 0.15) is 23.4 Å².